The van der Waals surface area contributed by atoms with Gasteiger partial charge >= 0.3 is 12.0 Å². The Kier molecular flexibility index (Phi) is 5.48. The first kappa shape index (κ1) is 13.5. The maximum Gasteiger partial charge on any atom is 0.315 e. The Hall–Kier alpha value is -1.56. The van der Waals surface area contributed by atoms with Crippen LogP contribution in [-0.2, 0) is 11.2 Å². The third-order valence-corrected chi connectivity index (χ3v) is 2.86. The molecule has 5 nitrogen and oxygen atoms in total. The van der Waals surface area contributed by atoms with Crippen molar-refractivity contribution in [1.29, 1.82) is 0 Å². The molecule has 2 amide bonds. The summed E-state index contributed by atoms with van der Waals surface area (Å²) >= 11 is 1.62. The SMILES string of the molecule is CC(Cc1ccsc1)NC(=O)NCCC(=O)O. The van der Waals surface area contributed by atoms with Crippen LogP contribution in [0.4, 0.5) is 4.79 Å². The van der Waals surface area contributed by atoms with E-state index < -0.39 is 5.97 Å². The van der Waals surface area contributed by atoms with Crippen LogP contribution in [0, 0.1) is 0 Å². The second-order valence-corrected chi connectivity index (χ2v) is 4.56. The molecule has 1 aromatic rings. The summed E-state index contributed by atoms with van der Waals surface area (Å²) < 4.78 is 0. The van der Waals surface area contributed by atoms with Gasteiger partial charge in [-0.3, -0.25) is 4.79 Å². The fourth-order valence-corrected chi connectivity index (χ4v) is 2.05. The molecule has 1 unspecified atom stereocenters. The molecule has 0 bridgehead atoms. The molecule has 0 saturated carbocycles. The van der Waals surface area contributed by atoms with Crippen LogP contribution in [0.2, 0.25) is 0 Å². The van der Waals surface area contributed by atoms with Gasteiger partial charge in [-0.05, 0) is 35.7 Å². The van der Waals surface area contributed by atoms with E-state index in [0.717, 1.165) is 6.42 Å². The predicted molar refractivity (Wildman–Crippen MR) is 66.3 cm³/mol. The maximum atomic E-state index is 11.4. The van der Waals surface area contributed by atoms with Crippen molar-refractivity contribution in [2.75, 3.05) is 6.54 Å². The van der Waals surface area contributed by atoms with E-state index in [1.807, 2.05) is 23.8 Å². The predicted octanol–water partition coefficient (Wildman–Crippen LogP) is 1.45. The number of carbonyl (C=O) groups is 2. The molecular formula is C11H16N2O3S. The number of rotatable bonds is 6. The Morgan fingerprint density at radius 1 is 1.53 bits per heavy atom. The van der Waals surface area contributed by atoms with Gasteiger partial charge in [0.05, 0.1) is 6.42 Å². The van der Waals surface area contributed by atoms with Gasteiger partial charge in [0, 0.05) is 12.6 Å². The summed E-state index contributed by atoms with van der Waals surface area (Å²) in [5, 5.41) is 17.7. The van der Waals surface area contributed by atoms with E-state index in [2.05, 4.69) is 10.6 Å². The van der Waals surface area contributed by atoms with Crippen LogP contribution in [0.15, 0.2) is 16.8 Å². The Morgan fingerprint density at radius 3 is 2.88 bits per heavy atom. The largest absolute Gasteiger partial charge is 0.481 e. The second kappa shape index (κ2) is 6.90. The van der Waals surface area contributed by atoms with Crippen LogP contribution >= 0.6 is 11.3 Å². The minimum absolute atomic E-state index is 0.0226. The standard InChI is InChI=1S/C11H16N2O3S/c1-8(6-9-3-5-17-7-9)13-11(16)12-4-2-10(14)15/h3,5,7-8H,2,4,6H2,1H3,(H,14,15)(H2,12,13,16). The quantitative estimate of drug-likeness (QED) is 0.721. The molecule has 94 valence electrons. The summed E-state index contributed by atoms with van der Waals surface area (Å²) in [6, 6.07) is 1.72. The van der Waals surface area contributed by atoms with Gasteiger partial charge in [0.15, 0.2) is 0 Å². The summed E-state index contributed by atoms with van der Waals surface area (Å²) in [6.45, 7) is 2.06. The molecule has 0 aliphatic carbocycles. The van der Waals surface area contributed by atoms with Crippen molar-refractivity contribution in [2.24, 2.45) is 0 Å². The van der Waals surface area contributed by atoms with E-state index in [4.69, 9.17) is 5.11 Å². The first-order chi connectivity index (χ1) is 8.08. The molecule has 0 saturated heterocycles. The fourth-order valence-electron chi connectivity index (χ4n) is 1.37. The van der Waals surface area contributed by atoms with Gasteiger partial charge in [-0.25, -0.2) is 4.79 Å². The Labute approximate surface area is 104 Å². The highest BCUT2D eigenvalue weighted by atomic mass is 32.1. The van der Waals surface area contributed by atoms with Gasteiger partial charge in [0.1, 0.15) is 0 Å². The van der Waals surface area contributed by atoms with Crippen molar-refractivity contribution in [2.45, 2.75) is 25.8 Å². The molecule has 0 radical (unpaired) electrons. The Morgan fingerprint density at radius 2 is 2.29 bits per heavy atom. The monoisotopic (exact) mass is 256 g/mol. The number of thiophene rings is 1. The van der Waals surface area contributed by atoms with Crippen molar-refractivity contribution in [3.8, 4) is 0 Å². The van der Waals surface area contributed by atoms with Crippen LogP contribution in [0.5, 0.6) is 0 Å². The molecule has 0 spiro atoms. The lowest BCUT2D eigenvalue weighted by molar-refractivity contribution is -0.136. The molecule has 17 heavy (non-hydrogen) atoms. The highest BCUT2D eigenvalue weighted by Gasteiger charge is 2.08. The number of carbonyl (C=O) groups excluding carboxylic acids is 1. The van der Waals surface area contributed by atoms with E-state index in [0.29, 0.717) is 0 Å². The molecule has 0 aliphatic heterocycles. The fraction of sp³-hybridized carbons (Fsp3) is 0.455. The van der Waals surface area contributed by atoms with Crippen molar-refractivity contribution >= 4 is 23.3 Å². The zero-order valence-electron chi connectivity index (χ0n) is 9.60. The van der Waals surface area contributed by atoms with Gasteiger partial charge in [-0.2, -0.15) is 11.3 Å². The molecule has 6 heteroatoms. The van der Waals surface area contributed by atoms with E-state index in [9.17, 15) is 9.59 Å². The highest BCUT2D eigenvalue weighted by molar-refractivity contribution is 7.07. The first-order valence-corrected chi connectivity index (χ1v) is 6.29. The van der Waals surface area contributed by atoms with Gasteiger partial charge in [0.25, 0.3) is 0 Å². The number of urea groups is 1. The second-order valence-electron chi connectivity index (χ2n) is 3.78. The van der Waals surface area contributed by atoms with Crippen molar-refractivity contribution in [3.63, 3.8) is 0 Å². The molecule has 1 atom stereocenters. The van der Waals surface area contributed by atoms with Crippen LogP contribution in [-0.4, -0.2) is 29.7 Å². The molecule has 0 aromatic carbocycles. The number of nitrogens with one attached hydrogen (secondary N) is 2. The zero-order valence-corrected chi connectivity index (χ0v) is 10.4. The average molecular weight is 256 g/mol. The lowest BCUT2D eigenvalue weighted by Crippen LogP contribution is -2.42. The normalized spacial score (nSPS) is 11.8. The maximum absolute atomic E-state index is 11.4. The van der Waals surface area contributed by atoms with E-state index >= 15 is 0 Å². The highest BCUT2D eigenvalue weighted by Crippen LogP contribution is 2.08. The number of carboxylic acids is 1. The topological polar surface area (TPSA) is 78.4 Å². The van der Waals surface area contributed by atoms with Gasteiger partial charge < -0.3 is 15.7 Å². The molecule has 1 heterocycles. The van der Waals surface area contributed by atoms with E-state index in [1.54, 1.807) is 11.3 Å². The molecule has 0 fully saturated rings. The van der Waals surface area contributed by atoms with E-state index in [1.165, 1.54) is 5.56 Å². The molecular weight excluding hydrogens is 240 g/mol. The number of hydrogen-bond donors (Lipinski definition) is 3. The lowest BCUT2D eigenvalue weighted by Gasteiger charge is -2.13. The van der Waals surface area contributed by atoms with Crippen molar-refractivity contribution < 1.29 is 14.7 Å². The average Bonchev–Trinajstić information content (AvgIpc) is 2.69. The third kappa shape index (κ3) is 5.91. The van der Waals surface area contributed by atoms with Crippen molar-refractivity contribution in [1.82, 2.24) is 10.6 Å². The lowest BCUT2D eigenvalue weighted by atomic mass is 10.1. The summed E-state index contributed by atoms with van der Waals surface area (Å²) in [4.78, 5) is 21.6. The van der Waals surface area contributed by atoms with Gasteiger partial charge in [-0.1, -0.05) is 0 Å². The number of aliphatic carboxylic acids is 1. The minimum Gasteiger partial charge on any atom is -0.481 e. The molecule has 3 N–H and O–H groups in total. The molecule has 0 aliphatic rings. The van der Waals surface area contributed by atoms with Crippen LogP contribution in [0.1, 0.15) is 18.9 Å². The molecule has 1 aromatic heterocycles. The van der Waals surface area contributed by atoms with Crippen LogP contribution < -0.4 is 10.6 Å². The van der Waals surface area contributed by atoms with E-state index in [-0.39, 0.29) is 25.0 Å². The first-order valence-electron chi connectivity index (χ1n) is 5.35. The molecule has 1 rings (SSSR count). The smallest absolute Gasteiger partial charge is 0.315 e. The van der Waals surface area contributed by atoms with Gasteiger partial charge in [0.2, 0.25) is 0 Å². The zero-order chi connectivity index (χ0) is 12.7. The minimum atomic E-state index is -0.920. The number of amides is 2. The van der Waals surface area contributed by atoms with Crippen molar-refractivity contribution in [3.05, 3.63) is 22.4 Å². The number of carboxylic acid groups (broad SMARTS) is 1. The summed E-state index contributed by atoms with van der Waals surface area (Å²) in [7, 11) is 0. The summed E-state index contributed by atoms with van der Waals surface area (Å²) in [5.41, 5.74) is 1.19. The summed E-state index contributed by atoms with van der Waals surface area (Å²) in [6.07, 6.45) is 0.710. The Bertz CT molecular complexity index is 365. The van der Waals surface area contributed by atoms with Gasteiger partial charge in [-0.15, -0.1) is 0 Å². The van der Waals surface area contributed by atoms with Crippen LogP contribution in [0.25, 0.3) is 0 Å². The third-order valence-electron chi connectivity index (χ3n) is 2.12. The summed E-state index contributed by atoms with van der Waals surface area (Å²) in [5.74, 6) is -0.920. The Balaban J connectivity index is 2.19. The van der Waals surface area contributed by atoms with Crippen LogP contribution in [0.3, 0.4) is 0 Å². The number of hydrogen-bond acceptors (Lipinski definition) is 3.